The minimum atomic E-state index is -1.57. The highest BCUT2D eigenvalue weighted by Crippen LogP contribution is 2.46. The Morgan fingerprint density at radius 3 is 1.84 bits per heavy atom. The standard InChI is InChI=1S/C36H38N10O11/c1-11-46-14-17(18(16-13-12-15(2)37-25(16)46)21-27(48)40(5)34(55)41(6)28(21)49)19(22-29(50)42(7)35(56)43(8)30(22)51)20-24(38(3)33(54)39(4)26(20)47)23-31(52)44(9)36(57)45(10)32(23)53/h12-14,18,48,52H,11H2,1-10H3. The number of nitrogens with zero attached hydrogens (tertiary/aromatic N) is 9. The molecule has 0 aliphatic carbocycles. The van der Waals surface area contributed by atoms with Crippen LogP contribution in [0.2, 0.25) is 0 Å². The fourth-order valence-corrected chi connectivity index (χ4v) is 7.32. The second kappa shape index (κ2) is 13.5. The van der Waals surface area contributed by atoms with Crippen LogP contribution < -0.4 is 43.8 Å². The third-order valence-electron chi connectivity index (χ3n) is 10.6. The number of likely N-dealkylation sites (N-methyl/N-ethyl adjacent to an activating group) is 2. The van der Waals surface area contributed by atoms with Crippen molar-refractivity contribution in [3.05, 3.63) is 114 Å². The zero-order valence-corrected chi connectivity index (χ0v) is 32.6. The SMILES string of the molecule is CC[NH+]1C=C(C(=C2C(=O)N(C)C(=O)N(C)C2=O)c2c(-c3c([O-])n(C)c(=O)n(C)c3=O)n(C)c(=O)n(C)c2=O)C(c2c(O)n(C)c(=O)n(C)c2=O)c2ccc(C)nc21. The first kappa shape index (κ1) is 39.5. The van der Waals surface area contributed by atoms with Gasteiger partial charge >= 0.3 is 23.1 Å². The fourth-order valence-electron chi connectivity index (χ4n) is 7.32. The molecule has 298 valence electrons. The minimum Gasteiger partial charge on any atom is -0.859 e. The van der Waals surface area contributed by atoms with E-state index in [2.05, 4.69) is 0 Å². The lowest BCUT2D eigenvalue weighted by Crippen LogP contribution is -3.03. The topological polar surface area (TPSA) is 250 Å². The number of hydrogen-bond acceptors (Lipinski definition) is 12. The molecule has 2 unspecified atom stereocenters. The number of fused-ring (bicyclic) bond motifs is 1. The number of hydrogen-bond donors (Lipinski definition) is 2. The molecule has 2 aliphatic rings. The molecule has 21 nitrogen and oxygen atoms in total. The molecule has 4 aromatic rings. The molecule has 57 heavy (non-hydrogen) atoms. The van der Waals surface area contributed by atoms with E-state index in [1.807, 2.05) is 0 Å². The number of imide groups is 2. The molecule has 1 fully saturated rings. The van der Waals surface area contributed by atoms with E-state index in [9.17, 15) is 53.4 Å². The number of nitrogens with one attached hydrogen (secondary N) is 1. The molecule has 6 heterocycles. The molecule has 2 atom stereocenters. The zero-order chi connectivity index (χ0) is 42.4. The molecule has 0 radical (unpaired) electrons. The quantitative estimate of drug-likeness (QED) is 0.146. The number of carbonyl (C=O) groups is 3. The van der Waals surface area contributed by atoms with Crippen molar-refractivity contribution in [2.75, 3.05) is 20.6 Å². The first-order valence-electron chi connectivity index (χ1n) is 17.3. The highest BCUT2D eigenvalue weighted by molar-refractivity contribution is 6.33. The van der Waals surface area contributed by atoms with Gasteiger partial charge in [-0.15, -0.1) is 0 Å². The van der Waals surface area contributed by atoms with Crippen molar-refractivity contribution in [2.24, 2.45) is 42.3 Å². The summed E-state index contributed by atoms with van der Waals surface area (Å²) in [7, 11) is 8.78. The van der Waals surface area contributed by atoms with Gasteiger partial charge in [-0.3, -0.25) is 61.5 Å². The molecule has 0 aromatic carbocycles. The molecule has 2 aliphatic heterocycles. The predicted octanol–water partition coefficient (Wildman–Crippen LogP) is -3.90. The van der Waals surface area contributed by atoms with E-state index in [4.69, 9.17) is 4.98 Å². The average molecular weight is 787 g/mol. The lowest BCUT2D eigenvalue weighted by Gasteiger charge is -2.35. The van der Waals surface area contributed by atoms with Crippen LogP contribution in [0.1, 0.15) is 35.2 Å². The Labute approximate surface area is 320 Å². The van der Waals surface area contributed by atoms with Crippen LogP contribution in [0.4, 0.5) is 10.6 Å². The van der Waals surface area contributed by atoms with Gasteiger partial charge in [0.05, 0.1) is 34.8 Å². The van der Waals surface area contributed by atoms with Crippen molar-refractivity contribution in [3.63, 3.8) is 0 Å². The third kappa shape index (κ3) is 5.48. The van der Waals surface area contributed by atoms with E-state index >= 15 is 0 Å². The van der Waals surface area contributed by atoms with Gasteiger partial charge in [-0.05, 0) is 31.9 Å². The normalized spacial score (nSPS) is 17.0. The molecular weight excluding hydrogens is 748 g/mol. The number of quaternary nitrogens is 1. The summed E-state index contributed by atoms with van der Waals surface area (Å²) in [5.41, 5.74) is -10.3. The number of barbiturate groups is 1. The van der Waals surface area contributed by atoms with Crippen LogP contribution in [-0.2, 0) is 51.9 Å². The lowest BCUT2D eigenvalue weighted by molar-refractivity contribution is -0.777. The molecule has 6 rings (SSSR count). The summed E-state index contributed by atoms with van der Waals surface area (Å²) in [5, 5.41) is 25.6. The van der Waals surface area contributed by atoms with Crippen LogP contribution in [0.3, 0.4) is 0 Å². The van der Waals surface area contributed by atoms with Crippen molar-refractivity contribution < 1.29 is 29.5 Å². The number of carbonyl (C=O) groups excluding carboxylic acids is 3. The first-order valence-corrected chi connectivity index (χ1v) is 17.3. The van der Waals surface area contributed by atoms with Gasteiger partial charge in [0, 0.05) is 78.8 Å². The number of allylic oxidation sites excluding steroid dienone is 2. The van der Waals surface area contributed by atoms with Crippen molar-refractivity contribution in [3.8, 4) is 23.0 Å². The van der Waals surface area contributed by atoms with E-state index in [0.29, 0.717) is 44.5 Å². The van der Waals surface area contributed by atoms with Gasteiger partial charge in [-0.1, -0.05) is 0 Å². The van der Waals surface area contributed by atoms with Crippen molar-refractivity contribution in [1.29, 1.82) is 0 Å². The molecule has 0 bridgehead atoms. The maximum atomic E-state index is 14.8. The van der Waals surface area contributed by atoms with Crippen LogP contribution in [-0.4, -0.2) is 85.8 Å². The van der Waals surface area contributed by atoms with Crippen LogP contribution >= 0.6 is 0 Å². The van der Waals surface area contributed by atoms with Crippen LogP contribution in [0, 0.1) is 6.92 Å². The van der Waals surface area contributed by atoms with Crippen LogP contribution in [0.5, 0.6) is 11.8 Å². The summed E-state index contributed by atoms with van der Waals surface area (Å²) >= 11 is 0. The van der Waals surface area contributed by atoms with Gasteiger partial charge < -0.3 is 14.8 Å². The van der Waals surface area contributed by atoms with E-state index < -0.39 is 103 Å². The molecule has 21 heteroatoms. The Bertz CT molecular complexity index is 2950. The van der Waals surface area contributed by atoms with Gasteiger partial charge in [-0.2, -0.15) is 0 Å². The number of aromatic nitrogens is 7. The summed E-state index contributed by atoms with van der Waals surface area (Å²) in [4.78, 5) is 131. The first-order chi connectivity index (χ1) is 26.6. The van der Waals surface area contributed by atoms with Gasteiger partial charge in [0.1, 0.15) is 11.8 Å². The summed E-state index contributed by atoms with van der Waals surface area (Å²) in [6.45, 7) is 3.66. The molecule has 4 aromatic heterocycles. The number of pyridine rings is 1. The number of aryl methyl sites for hydroxylation is 1. The van der Waals surface area contributed by atoms with Crippen molar-refractivity contribution >= 4 is 29.2 Å². The maximum absolute atomic E-state index is 14.8. The highest BCUT2D eigenvalue weighted by Gasteiger charge is 2.47. The van der Waals surface area contributed by atoms with Crippen molar-refractivity contribution in [1.82, 2.24) is 42.2 Å². The molecule has 0 spiro atoms. The second-order valence-corrected chi connectivity index (χ2v) is 13.8. The van der Waals surface area contributed by atoms with E-state index in [1.54, 1.807) is 26.0 Å². The number of rotatable bonds is 5. The summed E-state index contributed by atoms with van der Waals surface area (Å²) in [6.07, 6.45) is 1.42. The Kier molecular flexibility index (Phi) is 9.39. The van der Waals surface area contributed by atoms with Gasteiger partial charge in [-0.25, -0.2) is 24.2 Å². The predicted molar refractivity (Wildman–Crippen MR) is 199 cm³/mol. The lowest BCUT2D eigenvalue weighted by atomic mass is 9.76. The second-order valence-electron chi connectivity index (χ2n) is 13.8. The molecular formula is C36H38N10O11. The molecule has 0 saturated carbocycles. The number of aromatic hydroxyl groups is 1. The van der Waals surface area contributed by atoms with Gasteiger partial charge in [0.15, 0.2) is 0 Å². The monoisotopic (exact) mass is 786 g/mol. The zero-order valence-electron chi connectivity index (χ0n) is 32.6. The number of urea groups is 1. The van der Waals surface area contributed by atoms with E-state index in [0.717, 1.165) is 58.5 Å². The van der Waals surface area contributed by atoms with E-state index in [-0.39, 0.29) is 17.7 Å². The van der Waals surface area contributed by atoms with Gasteiger partial charge in [0.2, 0.25) is 11.7 Å². The molecule has 2 N–H and O–H groups in total. The van der Waals surface area contributed by atoms with Crippen LogP contribution in [0.15, 0.2) is 58.2 Å². The van der Waals surface area contributed by atoms with Crippen LogP contribution in [0.25, 0.3) is 16.8 Å². The smallest absolute Gasteiger partial charge is 0.333 e. The Hall–Kier alpha value is -7.16. The minimum absolute atomic E-state index is 0.207. The fraction of sp³-hybridized carbons (Fsp3) is 0.333. The maximum Gasteiger partial charge on any atom is 0.333 e. The average Bonchev–Trinajstić information content (AvgIpc) is 3.19. The summed E-state index contributed by atoms with van der Waals surface area (Å²) in [6, 6.07) is 2.10. The molecule has 1 saturated heterocycles. The Balaban J connectivity index is 1.98. The third-order valence-corrected chi connectivity index (χ3v) is 10.6. The van der Waals surface area contributed by atoms with Crippen molar-refractivity contribution in [2.45, 2.75) is 19.8 Å². The van der Waals surface area contributed by atoms with E-state index in [1.165, 1.54) is 13.2 Å². The number of amides is 4. The molecule has 4 amide bonds. The summed E-state index contributed by atoms with van der Waals surface area (Å²) < 4.78 is 3.99. The highest BCUT2D eigenvalue weighted by atomic mass is 16.3. The van der Waals surface area contributed by atoms with Gasteiger partial charge in [0.25, 0.3) is 28.5 Å². The largest absolute Gasteiger partial charge is 0.859 e. The Morgan fingerprint density at radius 2 is 1.26 bits per heavy atom. The Morgan fingerprint density at radius 1 is 0.737 bits per heavy atom. The summed E-state index contributed by atoms with van der Waals surface area (Å²) in [5.74, 6) is -5.83.